The highest BCUT2D eigenvalue weighted by atomic mass is 19.1. The minimum Gasteiger partial charge on any atom is -0.206 e. The van der Waals surface area contributed by atoms with E-state index >= 15 is 0 Å². The van der Waals surface area contributed by atoms with E-state index in [9.17, 15) is 4.39 Å². The van der Waals surface area contributed by atoms with Crippen LogP contribution in [0.5, 0.6) is 0 Å². The summed E-state index contributed by atoms with van der Waals surface area (Å²) in [6.45, 7) is 4.24. The van der Waals surface area contributed by atoms with E-state index < -0.39 is 0 Å². The van der Waals surface area contributed by atoms with Gasteiger partial charge in [0, 0.05) is 5.56 Å². The normalized spacial score (nSPS) is 12.4. The molecule has 0 nitrogen and oxygen atoms in total. The van der Waals surface area contributed by atoms with Gasteiger partial charge in [-0.15, -0.1) is 0 Å². The molecule has 0 aliphatic heterocycles. The Morgan fingerprint density at radius 2 is 1.76 bits per heavy atom. The molecule has 0 fully saturated rings. The zero-order valence-corrected chi connectivity index (χ0v) is 10.3. The summed E-state index contributed by atoms with van der Waals surface area (Å²) in [5.74, 6) is 0.281. The molecule has 0 N–H and O–H groups in total. The van der Waals surface area contributed by atoms with Crippen LogP contribution < -0.4 is 0 Å². The Bertz CT molecular complexity index is 488. The molecule has 0 spiro atoms. The van der Waals surface area contributed by atoms with E-state index in [4.69, 9.17) is 0 Å². The lowest BCUT2D eigenvalue weighted by Gasteiger charge is -2.11. The summed E-state index contributed by atoms with van der Waals surface area (Å²) >= 11 is 0. The molecule has 1 heteroatoms. The van der Waals surface area contributed by atoms with Gasteiger partial charge in [-0.25, -0.2) is 4.39 Å². The summed E-state index contributed by atoms with van der Waals surface area (Å²) in [4.78, 5) is 0. The molecule has 0 heterocycles. The van der Waals surface area contributed by atoms with Crippen LogP contribution in [0, 0.1) is 5.82 Å². The molecule has 88 valence electrons. The molecule has 0 bridgehead atoms. The lowest BCUT2D eigenvalue weighted by molar-refractivity contribution is 0.623. The second kappa shape index (κ2) is 5.13. The fourth-order valence-corrected chi connectivity index (χ4v) is 1.93. The van der Waals surface area contributed by atoms with E-state index in [2.05, 4.69) is 13.8 Å². The maximum atomic E-state index is 14.0. The third-order valence-corrected chi connectivity index (χ3v) is 3.26. The second-order valence-corrected chi connectivity index (χ2v) is 4.41. The van der Waals surface area contributed by atoms with Gasteiger partial charge < -0.3 is 0 Å². The molecular formula is C16H17F. The van der Waals surface area contributed by atoms with Gasteiger partial charge in [0.25, 0.3) is 0 Å². The van der Waals surface area contributed by atoms with Crippen LogP contribution >= 0.6 is 0 Å². The van der Waals surface area contributed by atoms with Gasteiger partial charge >= 0.3 is 0 Å². The average Bonchev–Trinajstić information content (AvgIpc) is 2.38. The van der Waals surface area contributed by atoms with Gasteiger partial charge in [-0.05, 0) is 29.5 Å². The molecule has 1 atom stereocenters. The molecule has 0 saturated carbocycles. The molecule has 2 aromatic carbocycles. The molecule has 1 unspecified atom stereocenters. The average molecular weight is 228 g/mol. The predicted molar refractivity (Wildman–Crippen MR) is 70.5 cm³/mol. The molecule has 0 aliphatic rings. The highest BCUT2D eigenvalue weighted by molar-refractivity contribution is 5.64. The van der Waals surface area contributed by atoms with Crippen LogP contribution in [0.2, 0.25) is 0 Å². The Morgan fingerprint density at radius 1 is 1.06 bits per heavy atom. The molecule has 17 heavy (non-hydrogen) atoms. The van der Waals surface area contributed by atoms with Crippen molar-refractivity contribution in [3.63, 3.8) is 0 Å². The van der Waals surface area contributed by atoms with E-state index in [-0.39, 0.29) is 5.82 Å². The van der Waals surface area contributed by atoms with Crippen LogP contribution in [-0.4, -0.2) is 0 Å². The van der Waals surface area contributed by atoms with Crippen LogP contribution in [0.15, 0.2) is 48.5 Å². The molecule has 0 amide bonds. The van der Waals surface area contributed by atoms with Gasteiger partial charge in [-0.1, -0.05) is 56.3 Å². The fourth-order valence-electron chi connectivity index (χ4n) is 1.93. The standard InChI is InChI=1S/C16H17F/c1-3-12(2)14-9-10-15(16(17)11-14)13-7-5-4-6-8-13/h4-12H,3H2,1-2H3. The lowest BCUT2D eigenvalue weighted by atomic mass is 9.95. The number of benzene rings is 2. The van der Waals surface area contributed by atoms with Crippen molar-refractivity contribution < 1.29 is 4.39 Å². The van der Waals surface area contributed by atoms with Crippen molar-refractivity contribution in [2.75, 3.05) is 0 Å². The molecule has 2 aromatic rings. The topological polar surface area (TPSA) is 0 Å². The lowest BCUT2D eigenvalue weighted by Crippen LogP contribution is -1.93. The molecular weight excluding hydrogens is 211 g/mol. The smallest absolute Gasteiger partial charge is 0.131 e. The van der Waals surface area contributed by atoms with Crippen molar-refractivity contribution >= 4 is 0 Å². The molecule has 0 radical (unpaired) electrons. The quantitative estimate of drug-likeness (QED) is 0.693. The Labute approximate surface area is 102 Å². The summed E-state index contributed by atoms with van der Waals surface area (Å²) in [7, 11) is 0. The van der Waals surface area contributed by atoms with Gasteiger partial charge in [-0.2, -0.15) is 0 Å². The van der Waals surface area contributed by atoms with E-state index in [0.717, 1.165) is 17.5 Å². The molecule has 2 rings (SSSR count). The maximum Gasteiger partial charge on any atom is 0.131 e. The van der Waals surface area contributed by atoms with Crippen LogP contribution in [0.25, 0.3) is 11.1 Å². The first-order valence-corrected chi connectivity index (χ1v) is 6.07. The third kappa shape index (κ3) is 2.55. The summed E-state index contributed by atoms with van der Waals surface area (Å²) in [6, 6.07) is 15.2. The third-order valence-electron chi connectivity index (χ3n) is 3.26. The number of hydrogen-bond acceptors (Lipinski definition) is 0. The van der Waals surface area contributed by atoms with E-state index in [0.29, 0.717) is 11.5 Å². The van der Waals surface area contributed by atoms with Crippen molar-refractivity contribution in [3.05, 3.63) is 59.9 Å². The van der Waals surface area contributed by atoms with Crippen molar-refractivity contribution in [1.29, 1.82) is 0 Å². The zero-order chi connectivity index (χ0) is 12.3. The Morgan fingerprint density at radius 3 is 2.35 bits per heavy atom. The van der Waals surface area contributed by atoms with Crippen molar-refractivity contribution in [2.24, 2.45) is 0 Å². The fraction of sp³-hybridized carbons (Fsp3) is 0.250. The van der Waals surface area contributed by atoms with Gasteiger partial charge in [0.05, 0.1) is 0 Å². The highest BCUT2D eigenvalue weighted by Crippen LogP contribution is 2.27. The van der Waals surface area contributed by atoms with Gasteiger partial charge in [-0.3, -0.25) is 0 Å². The first-order chi connectivity index (χ1) is 8.22. The zero-order valence-electron chi connectivity index (χ0n) is 10.3. The van der Waals surface area contributed by atoms with Crippen LogP contribution in [0.1, 0.15) is 31.7 Å². The number of halogens is 1. The van der Waals surface area contributed by atoms with E-state index in [1.807, 2.05) is 42.5 Å². The highest BCUT2D eigenvalue weighted by Gasteiger charge is 2.08. The molecule has 0 saturated heterocycles. The molecule has 0 aromatic heterocycles. The van der Waals surface area contributed by atoms with Crippen molar-refractivity contribution in [3.8, 4) is 11.1 Å². The first-order valence-electron chi connectivity index (χ1n) is 6.07. The van der Waals surface area contributed by atoms with Gasteiger partial charge in [0.1, 0.15) is 5.82 Å². The van der Waals surface area contributed by atoms with Gasteiger partial charge in [0.15, 0.2) is 0 Å². The Kier molecular flexibility index (Phi) is 3.58. The largest absolute Gasteiger partial charge is 0.206 e. The van der Waals surface area contributed by atoms with Crippen LogP contribution in [0.4, 0.5) is 4.39 Å². The van der Waals surface area contributed by atoms with E-state index in [1.54, 1.807) is 6.07 Å². The van der Waals surface area contributed by atoms with Crippen LogP contribution in [0.3, 0.4) is 0 Å². The maximum absolute atomic E-state index is 14.0. The Balaban J connectivity index is 2.39. The summed E-state index contributed by atoms with van der Waals surface area (Å²) < 4.78 is 14.0. The number of hydrogen-bond donors (Lipinski definition) is 0. The predicted octanol–water partition coefficient (Wildman–Crippen LogP) is 5.01. The minimum absolute atomic E-state index is 0.131. The Hall–Kier alpha value is -1.63. The summed E-state index contributed by atoms with van der Waals surface area (Å²) in [5, 5.41) is 0. The second-order valence-electron chi connectivity index (χ2n) is 4.41. The minimum atomic E-state index is -0.131. The molecule has 0 aliphatic carbocycles. The van der Waals surface area contributed by atoms with Crippen LogP contribution in [-0.2, 0) is 0 Å². The van der Waals surface area contributed by atoms with Crippen molar-refractivity contribution in [2.45, 2.75) is 26.2 Å². The number of rotatable bonds is 3. The summed E-state index contributed by atoms with van der Waals surface area (Å²) in [6.07, 6.45) is 1.03. The SMILES string of the molecule is CCC(C)c1ccc(-c2ccccc2)c(F)c1. The van der Waals surface area contributed by atoms with Gasteiger partial charge in [0.2, 0.25) is 0 Å². The van der Waals surface area contributed by atoms with E-state index in [1.165, 1.54) is 0 Å². The monoisotopic (exact) mass is 228 g/mol. The summed E-state index contributed by atoms with van der Waals surface area (Å²) in [5.41, 5.74) is 2.68. The van der Waals surface area contributed by atoms with Crippen molar-refractivity contribution in [1.82, 2.24) is 0 Å². The first kappa shape index (κ1) is 11.8.